The predicted molar refractivity (Wildman–Crippen MR) is 142 cm³/mol. The number of thioether (sulfide) groups is 1. The first-order chi connectivity index (χ1) is 17.6. The lowest BCUT2D eigenvalue weighted by molar-refractivity contribution is -0.268. The molecule has 1 amide bonds. The van der Waals surface area contributed by atoms with E-state index in [-0.39, 0.29) is 31.3 Å². The van der Waals surface area contributed by atoms with E-state index in [9.17, 15) is 9.90 Å². The third-order valence-electron chi connectivity index (χ3n) is 6.02. The van der Waals surface area contributed by atoms with Gasteiger partial charge in [-0.25, -0.2) is 4.79 Å². The van der Waals surface area contributed by atoms with Gasteiger partial charge in [-0.05, 0) is 35.4 Å². The Labute approximate surface area is 216 Å². The molecule has 1 saturated heterocycles. The number of aliphatic hydroxyl groups is 1. The predicted octanol–water partition coefficient (Wildman–Crippen LogP) is 6.50. The average molecular weight is 506 g/mol. The van der Waals surface area contributed by atoms with Crippen molar-refractivity contribution in [2.45, 2.75) is 36.9 Å². The number of carbonyl (C=O) groups is 1. The second-order valence-corrected chi connectivity index (χ2v) is 9.68. The maximum Gasteiger partial charge on any atom is 0.411 e. The Morgan fingerprint density at radius 2 is 1.83 bits per heavy atom. The number of amides is 1. The van der Waals surface area contributed by atoms with E-state index in [1.807, 2.05) is 60.7 Å². The van der Waals surface area contributed by atoms with Crippen molar-refractivity contribution in [1.82, 2.24) is 0 Å². The number of carbonyl (C=O) groups excluding carboxylic acids is 1. The second kappa shape index (κ2) is 12.7. The molecule has 4 rings (SSSR count). The fraction of sp³-hybridized carbons (Fsp3) is 0.276. The maximum atomic E-state index is 12.0. The first-order valence-electron chi connectivity index (χ1n) is 11.9. The fourth-order valence-electron chi connectivity index (χ4n) is 4.06. The number of nitrogens with one attached hydrogen (secondary N) is 1. The van der Waals surface area contributed by atoms with Crippen molar-refractivity contribution in [1.29, 1.82) is 0 Å². The van der Waals surface area contributed by atoms with Gasteiger partial charge in [-0.15, -0.1) is 11.8 Å². The SMILES string of the molecule is C=CCOC(=O)Nc1cccc([C@@H]2O[C@H](CSc3ccccc3)[C@H](C)[C@H](c3ccc(CO)cc3)O2)c1. The van der Waals surface area contributed by atoms with Crippen LogP contribution in [0.2, 0.25) is 0 Å². The Morgan fingerprint density at radius 3 is 2.56 bits per heavy atom. The smallest absolute Gasteiger partial charge is 0.411 e. The Morgan fingerprint density at radius 1 is 1.06 bits per heavy atom. The largest absolute Gasteiger partial charge is 0.445 e. The number of ether oxygens (including phenoxy) is 3. The van der Waals surface area contributed by atoms with E-state index in [2.05, 4.69) is 31.0 Å². The molecule has 1 heterocycles. The van der Waals surface area contributed by atoms with E-state index >= 15 is 0 Å². The Hall–Kier alpha value is -3.10. The van der Waals surface area contributed by atoms with Crippen molar-refractivity contribution < 1.29 is 24.1 Å². The first kappa shape index (κ1) is 26.0. The molecule has 0 unspecified atom stereocenters. The van der Waals surface area contributed by atoms with Crippen LogP contribution in [0.25, 0.3) is 0 Å². The summed E-state index contributed by atoms with van der Waals surface area (Å²) in [7, 11) is 0. The van der Waals surface area contributed by atoms with Gasteiger partial charge in [0.15, 0.2) is 6.29 Å². The van der Waals surface area contributed by atoms with Crippen LogP contribution in [0, 0.1) is 5.92 Å². The van der Waals surface area contributed by atoms with Gasteiger partial charge in [0.2, 0.25) is 0 Å². The van der Waals surface area contributed by atoms with Crippen LogP contribution >= 0.6 is 11.8 Å². The summed E-state index contributed by atoms with van der Waals surface area (Å²) in [5.41, 5.74) is 3.28. The first-order valence-corrected chi connectivity index (χ1v) is 12.9. The molecule has 7 heteroatoms. The zero-order valence-corrected chi connectivity index (χ0v) is 21.0. The quantitative estimate of drug-likeness (QED) is 0.255. The van der Waals surface area contributed by atoms with Crippen molar-refractivity contribution in [2.75, 3.05) is 17.7 Å². The van der Waals surface area contributed by atoms with Crippen LogP contribution in [0.1, 0.15) is 36.0 Å². The highest BCUT2D eigenvalue weighted by molar-refractivity contribution is 7.99. The molecule has 0 aliphatic carbocycles. The van der Waals surface area contributed by atoms with E-state index in [0.29, 0.717) is 5.69 Å². The molecule has 2 N–H and O–H groups in total. The normalized spacial score (nSPS) is 21.5. The highest BCUT2D eigenvalue weighted by Crippen LogP contribution is 2.43. The molecule has 3 aromatic rings. The van der Waals surface area contributed by atoms with Gasteiger partial charge in [0.1, 0.15) is 6.61 Å². The number of aliphatic hydroxyl groups excluding tert-OH is 1. The van der Waals surface area contributed by atoms with Crippen molar-refractivity contribution in [3.63, 3.8) is 0 Å². The van der Waals surface area contributed by atoms with Crippen LogP contribution < -0.4 is 5.32 Å². The summed E-state index contributed by atoms with van der Waals surface area (Å²) in [6.45, 7) is 5.83. The van der Waals surface area contributed by atoms with Crippen LogP contribution in [-0.4, -0.2) is 29.7 Å². The maximum absolute atomic E-state index is 12.0. The van der Waals surface area contributed by atoms with Gasteiger partial charge in [0.25, 0.3) is 0 Å². The van der Waals surface area contributed by atoms with Gasteiger partial charge in [-0.1, -0.05) is 74.2 Å². The molecule has 36 heavy (non-hydrogen) atoms. The number of anilines is 1. The van der Waals surface area contributed by atoms with Crippen molar-refractivity contribution in [2.24, 2.45) is 5.92 Å². The van der Waals surface area contributed by atoms with E-state index in [1.165, 1.54) is 11.0 Å². The minimum Gasteiger partial charge on any atom is -0.445 e. The molecule has 0 radical (unpaired) electrons. The van der Waals surface area contributed by atoms with E-state index in [0.717, 1.165) is 22.4 Å². The molecule has 6 nitrogen and oxygen atoms in total. The van der Waals surface area contributed by atoms with Crippen LogP contribution in [0.15, 0.2) is 96.4 Å². The highest BCUT2D eigenvalue weighted by atomic mass is 32.2. The minimum absolute atomic E-state index is 0.00153. The standard InChI is InChI=1S/C29H31NO5S/c1-3-16-33-29(32)30-24-9-7-8-23(17-24)28-34-26(19-36-25-10-5-4-6-11-25)20(2)27(35-28)22-14-12-21(18-31)13-15-22/h3-15,17,20,26-28,31H,1,16,18-19H2,2H3,(H,30,32)/t20-,26+,27+,28+/m0/s1. The topological polar surface area (TPSA) is 77.0 Å². The molecule has 1 aliphatic heterocycles. The monoisotopic (exact) mass is 505 g/mol. The Balaban J connectivity index is 1.56. The van der Waals surface area contributed by atoms with Gasteiger partial charge in [0.05, 0.1) is 18.8 Å². The van der Waals surface area contributed by atoms with Crippen LogP contribution in [0.5, 0.6) is 0 Å². The Bertz CT molecular complexity index is 1140. The van der Waals surface area contributed by atoms with Gasteiger partial charge in [-0.2, -0.15) is 0 Å². The number of hydrogen-bond acceptors (Lipinski definition) is 6. The molecule has 3 aromatic carbocycles. The average Bonchev–Trinajstić information content (AvgIpc) is 2.92. The molecular formula is C29H31NO5S. The lowest BCUT2D eigenvalue weighted by atomic mass is 9.91. The molecule has 4 atom stereocenters. The van der Waals surface area contributed by atoms with E-state index in [1.54, 1.807) is 17.8 Å². The number of hydrogen-bond donors (Lipinski definition) is 2. The zero-order chi connectivity index (χ0) is 25.3. The molecular weight excluding hydrogens is 474 g/mol. The number of benzene rings is 3. The lowest BCUT2D eigenvalue weighted by Gasteiger charge is -2.41. The summed E-state index contributed by atoms with van der Waals surface area (Å²) < 4.78 is 18.0. The van der Waals surface area contributed by atoms with Gasteiger partial charge in [0, 0.05) is 27.8 Å². The van der Waals surface area contributed by atoms with Gasteiger partial charge >= 0.3 is 6.09 Å². The van der Waals surface area contributed by atoms with Crippen LogP contribution in [0.4, 0.5) is 10.5 Å². The molecule has 1 fully saturated rings. The number of rotatable bonds is 9. The molecule has 0 saturated carbocycles. The van der Waals surface area contributed by atoms with Crippen LogP contribution in [-0.2, 0) is 20.8 Å². The molecule has 0 bridgehead atoms. The second-order valence-electron chi connectivity index (χ2n) is 8.58. The zero-order valence-electron chi connectivity index (χ0n) is 20.2. The summed E-state index contributed by atoms with van der Waals surface area (Å²) in [5, 5.41) is 12.2. The third-order valence-corrected chi connectivity index (χ3v) is 7.12. The summed E-state index contributed by atoms with van der Waals surface area (Å²) in [6.07, 6.45) is 0.0701. The summed E-state index contributed by atoms with van der Waals surface area (Å²) >= 11 is 1.76. The molecule has 1 aliphatic rings. The Kier molecular flexibility index (Phi) is 9.19. The fourth-order valence-corrected chi connectivity index (χ4v) is 5.14. The summed E-state index contributed by atoms with van der Waals surface area (Å²) in [5.74, 6) is 0.856. The molecule has 0 aromatic heterocycles. The van der Waals surface area contributed by atoms with Crippen molar-refractivity contribution >= 4 is 23.5 Å². The van der Waals surface area contributed by atoms with E-state index < -0.39 is 12.4 Å². The summed E-state index contributed by atoms with van der Waals surface area (Å²) in [6, 6.07) is 25.5. The molecule has 0 spiro atoms. The molecule has 188 valence electrons. The van der Waals surface area contributed by atoms with E-state index in [4.69, 9.17) is 14.2 Å². The van der Waals surface area contributed by atoms with Crippen molar-refractivity contribution in [3.05, 3.63) is 108 Å². The lowest BCUT2D eigenvalue weighted by Crippen LogP contribution is -2.38. The van der Waals surface area contributed by atoms with Crippen LogP contribution in [0.3, 0.4) is 0 Å². The minimum atomic E-state index is -0.615. The van der Waals surface area contributed by atoms with Gasteiger partial charge < -0.3 is 19.3 Å². The summed E-state index contributed by atoms with van der Waals surface area (Å²) in [4.78, 5) is 13.2. The van der Waals surface area contributed by atoms with Crippen molar-refractivity contribution in [3.8, 4) is 0 Å². The third kappa shape index (κ3) is 6.77. The highest BCUT2D eigenvalue weighted by Gasteiger charge is 2.38. The van der Waals surface area contributed by atoms with Gasteiger partial charge in [-0.3, -0.25) is 5.32 Å².